The molecule has 0 unspecified atom stereocenters. The number of ether oxygens (including phenoxy) is 5. The Labute approximate surface area is 151 Å². The molecule has 3 aliphatic rings. The number of rotatable bonds is 4. The third-order valence-corrected chi connectivity index (χ3v) is 5.30. The van der Waals surface area contributed by atoms with Gasteiger partial charge >= 0.3 is 0 Å². The van der Waals surface area contributed by atoms with Gasteiger partial charge in [0.05, 0.1) is 6.61 Å². The van der Waals surface area contributed by atoms with Crippen LogP contribution >= 0.6 is 0 Å². The van der Waals surface area contributed by atoms with Crippen LogP contribution in [0.5, 0.6) is 23.0 Å². The molecular formula is C20H20O6. The van der Waals surface area contributed by atoms with Crippen LogP contribution in [0, 0.1) is 11.8 Å². The number of aliphatic hydroxyl groups is 1. The van der Waals surface area contributed by atoms with Crippen molar-refractivity contribution in [1.82, 2.24) is 0 Å². The highest BCUT2D eigenvalue weighted by molar-refractivity contribution is 5.45. The number of hydrogen-bond acceptors (Lipinski definition) is 6. The summed E-state index contributed by atoms with van der Waals surface area (Å²) in [4.78, 5) is 0. The highest BCUT2D eigenvalue weighted by atomic mass is 16.7. The van der Waals surface area contributed by atoms with Crippen LogP contribution in [-0.4, -0.2) is 31.6 Å². The first kappa shape index (κ1) is 15.8. The van der Waals surface area contributed by atoms with Crippen molar-refractivity contribution in [2.45, 2.75) is 19.1 Å². The molecule has 0 aromatic heterocycles. The van der Waals surface area contributed by atoms with E-state index in [1.807, 2.05) is 30.3 Å². The van der Waals surface area contributed by atoms with Gasteiger partial charge in [0.2, 0.25) is 13.6 Å². The van der Waals surface area contributed by atoms with Crippen molar-refractivity contribution in [1.29, 1.82) is 0 Å². The number of hydrogen-bond donors (Lipinski definition) is 1. The van der Waals surface area contributed by atoms with E-state index in [-0.39, 0.29) is 25.4 Å². The van der Waals surface area contributed by atoms with Crippen LogP contribution in [0.3, 0.4) is 0 Å². The molecule has 2 aromatic carbocycles. The quantitative estimate of drug-likeness (QED) is 0.908. The fourth-order valence-electron chi connectivity index (χ4n) is 3.89. The Morgan fingerprint density at radius 1 is 0.769 bits per heavy atom. The SMILES string of the molecule is O[C@H]1OC[C@@H](Cc2ccc3c(c2)OCO3)[C@@H]1Cc1ccc2c(c1)OCO2. The molecule has 0 spiro atoms. The first-order valence-corrected chi connectivity index (χ1v) is 8.83. The maximum absolute atomic E-state index is 10.3. The summed E-state index contributed by atoms with van der Waals surface area (Å²) in [6.07, 6.45) is 0.801. The van der Waals surface area contributed by atoms with Crippen molar-refractivity contribution in [2.24, 2.45) is 11.8 Å². The second-order valence-corrected chi connectivity index (χ2v) is 6.93. The highest BCUT2D eigenvalue weighted by Gasteiger charge is 2.36. The van der Waals surface area contributed by atoms with Gasteiger partial charge in [-0.25, -0.2) is 0 Å². The van der Waals surface area contributed by atoms with Gasteiger partial charge in [-0.15, -0.1) is 0 Å². The Morgan fingerprint density at radius 3 is 2.00 bits per heavy atom. The molecule has 5 rings (SSSR count). The van der Waals surface area contributed by atoms with Gasteiger partial charge in [0.1, 0.15) is 0 Å². The minimum atomic E-state index is -0.751. The Balaban J connectivity index is 1.32. The van der Waals surface area contributed by atoms with E-state index >= 15 is 0 Å². The van der Waals surface area contributed by atoms with Crippen LogP contribution in [0.1, 0.15) is 11.1 Å². The molecule has 6 heteroatoms. The molecule has 26 heavy (non-hydrogen) atoms. The van der Waals surface area contributed by atoms with E-state index in [0.717, 1.165) is 47.0 Å². The van der Waals surface area contributed by atoms with E-state index in [2.05, 4.69) is 6.07 Å². The molecule has 1 fully saturated rings. The Morgan fingerprint density at radius 2 is 1.35 bits per heavy atom. The Hall–Kier alpha value is -2.44. The summed E-state index contributed by atoms with van der Waals surface area (Å²) in [6, 6.07) is 11.9. The first-order valence-electron chi connectivity index (χ1n) is 8.83. The van der Waals surface area contributed by atoms with Gasteiger partial charge in [0.15, 0.2) is 29.3 Å². The van der Waals surface area contributed by atoms with Crippen molar-refractivity contribution in [3.8, 4) is 23.0 Å². The third kappa shape index (κ3) is 2.85. The smallest absolute Gasteiger partial charge is 0.231 e. The largest absolute Gasteiger partial charge is 0.454 e. The molecule has 3 aliphatic heterocycles. The predicted octanol–water partition coefficient (Wildman–Crippen LogP) is 2.51. The lowest BCUT2D eigenvalue weighted by Crippen LogP contribution is -2.24. The second kappa shape index (κ2) is 6.37. The standard InChI is InChI=1S/C20H20O6/c21-20-15(6-13-2-4-17-19(8-13)26-11-24-17)14(9-22-20)5-12-1-3-16-18(7-12)25-10-23-16/h1-4,7-8,14-15,20-21H,5-6,9-11H2/t14-,15+,20+/m1/s1. The molecule has 0 bridgehead atoms. The average molecular weight is 356 g/mol. The molecule has 0 amide bonds. The highest BCUT2D eigenvalue weighted by Crippen LogP contribution is 2.38. The van der Waals surface area contributed by atoms with Crippen LogP contribution in [0.4, 0.5) is 0 Å². The van der Waals surface area contributed by atoms with Crippen molar-refractivity contribution >= 4 is 0 Å². The van der Waals surface area contributed by atoms with E-state index in [1.165, 1.54) is 0 Å². The van der Waals surface area contributed by atoms with Crippen LogP contribution in [0.25, 0.3) is 0 Å². The fourth-order valence-corrected chi connectivity index (χ4v) is 3.89. The van der Waals surface area contributed by atoms with Crippen molar-refractivity contribution in [3.63, 3.8) is 0 Å². The summed E-state index contributed by atoms with van der Waals surface area (Å²) in [5.41, 5.74) is 2.27. The zero-order chi connectivity index (χ0) is 17.5. The van der Waals surface area contributed by atoms with Crippen molar-refractivity contribution in [2.75, 3.05) is 20.2 Å². The lowest BCUT2D eigenvalue weighted by molar-refractivity contribution is -0.0820. The predicted molar refractivity (Wildman–Crippen MR) is 91.5 cm³/mol. The lowest BCUT2D eigenvalue weighted by Gasteiger charge is -2.20. The number of fused-ring (bicyclic) bond motifs is 2. The first-order chi connectivity index (χ1) is 12.8. The number of aliphatic hydroxyl groups excluding tert-OH is 1. The van der Waals surface area contributed by atoms with Gasteiger partial charge < -0.3 is 28.8 Å². The summed E-state index contributed by atoms with van der Waals surface area (Å²) < 4.78 is 27.2. The molecule has 3 atom stereocenters. The van der Waals surface area contributed by atoms with E-state index in [4.69, 9.17) is 23.7 Å². The second-order valence-electron chi connectivity index (χ2n) is 6.93. The molecule has 0 aliphatic carbocycles. The van der Waals surface area contributed by atoms with E-state index in [9.17, 15) is 5.11 Å². The lowest BCUT2D eigenvalue weighted by atomic mass is 9.84. The third-order valence-electron chi connectivity index (χ3n) is 5.30. The fraction of sp³-hybridized carbons (Fsp3) is 0.400. The Kier molecular flexibility index (Phi) is 3.87. The summed E-state index contributed by atoms with van der Waals surface area (Å²) in [5, 5.41) is 10.3. The van der Waals surface area contributed by atoms with Gasteiger partial charge in [-0.2, -0.15) is 0 Å². The minimum Gasteiger partial charge on any atom is -0.454 e. The zero-order valence-electron chi connectivity index (χ0n) is 14.2. The summed E-state index contributed by atoms with van der Waals surface area (Å²) in [6.45, 7) is 1.09. The summed E-state index contributed by atoms with van der Waals surface area (Å²) in [5.74, 6) is 3.37. The summed E-state index contributed by atoms with van der Waals surface area (Å²) in [7, 11) is 0. The van der Waals surface area contributed by atoms with Crippen LogP contribution in [-0.2, 0) is 17.6 Å². The number of benzene rings is 2. The van der Waals surface area contributed by atoms with Crippen molar-refractivity contribution < 1.29 is 28.8 Å². The van der Waals surface area contributed by atoms with E-state index < -0.39 is 6.29 Å². The van der Waals surface area contributed by atoms with Crippen LogP contribution in [0.2, 0.25) is 0 Å². The van der Waals surface area contributed by atoms with Gasteiger partial charge in [0.25, 0.3) is 0 Å². The van der Waals surface area contributed by atoms with Crippen LogP contribution in [0.15, 0.2) is 36.4 Å². The van der Waals surface area contributed by atoms with Gasteiger partial charge in [-0.1, -0.05) is 12.1 Å². The van der Waals surface area contributed by atoms with Gasteiger partial charge in [0, 0.05) is 5.92 Å². The molecule has 0 radical (unpaired) electrons. The van der Waals surface area contributed by atoms with Gasteiger partial charge in [-0.05, 0) is 54.2 Å². The summed E-state index contributed by atoms with van der Waals surface area (Å²) >= 11 is 0. The molecule has 136 valence electrons. The topological polar surface area (TPSA) is 66.4 Å². The monoisotopic (exact) mass is 356 g/mol. The van der Waals surface area contributed by atoms with Crippen LogP contribution < -0.4 is 18.9 Å². The normalized spacial score (nSPS) is 25.7. The van der Waals surface area contributed by atoms with E-state index in [0.29, 0.717) is 6.61 Å². The maximum Gasteiger partial charge on any atom is 0.231 e. The average Bonchev–Trinajstić information content (AvgIpc) is 3.37. The molecule has 1 saturated heterocycles. The maximum atomic E-state index is 10.3. The van der Waals surface area contributed by atoms with Crippen molar-refractivity contribution in [3.05, 3.63) is 47.5 Å². The Bertz CT molecular complexity index is 820. The van der Waals surface area contributed by atoms with Gasteiger partial charge in [-0.3, -0.25) is 0 Å². The minimum absolute atomic E-state index is 0.0285. The molecule has 1 N–H and O–H groups in total. The molecule has 2 aromatic rings. The zero-order valence-corrected chi connectivity index (χ0v) is 14.2. The molecule has 3 heterocycles. The van der Waals surface area contributed by atoms with E-state index in [1.54, 1.807) is 0 Å². The molecule has 0 saturated carbocycles. The molecular weight excluding hydrogens is 336 g/mol. The molecule has 6 nitrogen and oxygen atoms in total.